The van der Waals surface area contributed by atoms with Crippen LogP contribution in [0.2, 0.25) is 5.15 Å². The molecule has 2 nitrogen and oxygen atoms in total. The molecule has 1 aromatic heterocycles. The Kier molecular flexibility index (Phi) is 2.40. The molecule has 1 N–H and O–H groups in total. The van der Waals surface area contributed by atoms with Crippen LogP contribution in [0.4, 0.5) is 5.82 Å². The molecule has 1 fully saturated rings. The van der Waals surface area contributed by atoms with E-state index in [2.05, 4.69) is 24.1 Å². The summed E-state index contributed by atoms with van der Waals surface area (Å²) in [7, 11) is 0. The minimum absolute atomic E-state index is 0.462. The Morgan fingerprint density at radius 1 is 1.64 bits per heavy atom. The first-order valence-corrected chi connectivity index (χ1v) is 5.41. The topological polar surface area (TPSA) is 24.9 Å². The van der Waals surface area contributed by atoms with Gasteiger partial charge >= 0.3 is 0 Å². The first-order valence-electron chi connectivity index (χ1n) is 5.03. The van der Waals surface area contributed by atoms with E-state index in [1.54, 1.807) is 6.07 Å². The molecule has 2 unspecified atom stereocenters. The van der Waals surface area contributed by atoms with E-state index in [-0.39, 0.29) is 0 Å². The Labute approximate surface area is 89.7 Å². The molecule has 2 atom stereocenters. The maximum absolute atomic E-state index is 5.80. The Bertz CT molecular complexity index is 340. The van der Waals surface area contributed by atoms with Gasteiger partial charge in [0, 0.05) is 6.04 Å². The second-order valence-electron chi connectivity index (χ2n) is 4.25. The summed E-state index contributed by atoms with van der Waals surface area (Å²) in [5.41, 5.74) is 0.462. The monoisotopic (exact) mass is 210 g/mol. The van der Waals surface area contributed by atoms with Gasteiger partial charge in [-0.2, -0.15) is 0 Å². The van der Waals surface area contributed by atoms with Crippen LogP contribution in [0.15, 0.2) is 18.2 Å². The summed E-state index contributed by atoms with van der Waals surface area (Å²) in [5, 5.41) is 3.95. The highest BCUT2D eigenvalue weighted by Crippen LogP contribution is 2.49. The SMILES string of the molecule is CCC1(C)CC1Nc1cccc(Cl)n1. The molecule has 1 aliphatic rings. The molecule has 3 heteroatoms. The zero-order valence-corrected chi connectivity index (χ0v) is 9.30. The normalized spacial score (nSPS) is 30.1. The number of halogens is 1. The molecular formula is C11H15ClN2. The first-order chi connectivity index (χ1) is 6.64. The number of hydrogen-bond acceptors (Lipinski definition) is 2. The molecular weight excluding hydrogens is 196 g/mol. The van der Waals surface area contributed by atoms with E-state index in [9.17, 15) is 0 Å². The highest BCUT2D eigenvalue weighted by Gasteiger charge is 2.48. The van der Waals surface area contributed by atoms with E-state index in [0.29, 0.717) is 16.6 Å². The lowest BCUT2D eigenvalue weighted by molar-refractivity contribution is 0.535. The van der Waals surface area contributed by atoms with Gasteiger partial charge in [0.15, 0.2) is 0 Å². The lowest BCUT2D eigenvalue weighted by Crippen LogP contribution is -2.11. The smallest absolute Gasteiger partial charge is 0.131 e. The van der Waals surface area contributed by atoms with Crippen molar-refractivity contribution in [2.24, 2.45) is 5.41 Å². The van der Waals surface area contributed by atoms with Crippen molar-refractivity contribution >= 4 is 17.4 Å². The van der Waals surface area contributed by atoms with E-state index in [0.717, 1.165) is 5.82 Å². The summed E-state index contributed by atoms with van der Waals surface area (Å²) < 4.78 is 0. The Morgan fingerprint density at radius 2 is 2.43 bits per heavy atom. The molecule has 1 saturated carbocycles. The zero-order valence-electron chi connectivity index (χ0n) is 8.55. The summed E-state index contributed by atoms with van der Waals surface area (Å²) in [6.07, 6.45) is 2.45. The van der Waals surface area contributed by atoms with Crippen LogP contribution in [0.3, 0.4) is 0 Å². The quantitative estimate of drug-likeness (QED) is 0.775. The molecule has 1 aromatic rings. The van der Waals surface area contributed by atoms with Crippen LogP contribution in [-0.2, 0) is 0 Å². The third-order valence-corrected chi connectivity index (χ3v) is 3.41. The number of aromatic nitrogens is 1. The molecule has 1 aliphatic carbocycles. The third kappa shape index (κ3) is 1.85. The molecule has 0 saturated heterocycles. The van der Waals surface area contributed by atoms with Crippen molar-refractivity contribution in [1.29, 1.82) is 0 Å². The lowest BCUT2D eigenvalue weighted by atomic mass is 10.1. The van der Waals surface area contributed by atoms with Gasteiger partial charge in [0.2, 0.25) is 0 Å². The first kappa shape index (κ1) is 9.78. The number of nitrogens with zero attached hydrogens (tertiary/aromatic N) is 1. The number of hydrogen-bond donors (Lipinski definition) is 1. The standard InChI is InChI=1S/C11H15ClN2/c1-3-11(2)7-8(11)13-10-6-4-5-9(12)14-10/h4-6,8H,3,7H2,1-2H3,(H,13,14). The van der Waals surface area contributed by atoms with Crippen molar-refractivity contribution in [3.05, 3.63) is 23.4 Å². The van der Waals surface area contributed by atoms with Crippen LogP contribution in [0.1, 0.15) is 26.7 Å². The molecule has 0 aromatic carbocycles. The molecule has 76 valence electrons. The van der Waals surface area contributed by atoms with Gasteiger partial charge < -0.3 is 5.32 Å². The van der Waals surface area contributed by atoms with Crippen LogP contribution in [0, 0.1) is 5.41 Å². The summed E-state index contributed by atoms with van der Waals surface area (Å²) in [6.45, 7) is 4.53. The zero-order chi connectivity index (χ0) is 10.2. The molecule has 0 aliphatic heterocycles. The molecule has 2 rings (SSSR count). The summed E-state index contributed by atoms with van der Waals surface area (Å²) in [4.78, 5) is 4.21. The molecule has 0 amide bonds. The third-order valence-electron chi connectivity index (χ3n) is 3.20. The van der Waals surface area contributed by atoms with Crippen LogP contribution in [0.25, 0.3) is 0 Å². The highest BCUT2D eigenvalue weighted by molar-refractivity contribution is 6.29. The Morgan fingerprint density at radius 3 is 3.00 bits per heavy atom. The number of pyridine rings is 1. The van der Waals surface area contributed by atoms with E-state index < -0.39 is 0 Å². The minimum Gasteiger partial charge on any atom is -0.367 e. The second-order valence-corrected chi connectivity index (χ2v) is 4.64. The Balaban J connectivity index is 2.00. The van der Waals surface area contributed by atoms with E-state index >= 15 is 0 Å². The van der Waals surface area contributed by atoms with Gasteiger partial charge in [-0.1, -0.05) is 31.5 Å². The maximum atomic E-state index is 5.80. The van der Waals surface area contributed by atoms with Gasteiger partial charge in [-0.3, -0.25) is 0 Å². The van der Waals surface area contributed by atoms with Crippen molar-refractivity contribution in [1.82, 2.24) is 4.98 Å². The van der Waals surface area contributed by atoms with Crippen molar-refractivity contribution in [2.75, 3.05) is 5.32 Å². The van der Waals surface area contributed by atoms with E-state index in [4.69, 9.17) is 11.6 Å². The van der Waals surface area contributed by atoms with Crippen molar-refractivity contribution in [3.63, 3.8) is 0 Å². The fourth-order valence-electron chi connectivity index (χ4n) is 1.69. The largest absolute Gasteiger partial charge is 0.367 e. The number of anilines is 1. The molecule has 0 spiro atoms. The van der Waals surface area contributed by atoms with Crippen LogP contribution < -0.4 is 5.32 Å². The van der Waals surface area contributed by atoms with Crippen LogP contribution in [-0.4, -0.2) is 11.0 Å². The van der Waals surface area contributed by atoms with Gasteiger partial charge in [-0.05, 0) is 30.4 Å². The molecule has 0 bridgehead atoms. The highest BCUT2D eigenvalue weighted by atomic mass is 35.5. The van der Waals surface area contributed by atoms with Gasteiger partial charge in [-0.25, -0.2) is 4.98 Å². The molecule has 14 heavy (non-hydrogen) atoms. The summed E-state index contributed by atoms with van der Waals surface area (Å²) >= 11 is 5.80. The van der Waals surface area contributed by atoms with E-state index in [1.165, 1.54) is 12.8 Å². The van der Waals surface area contributed by atoms with Gasteiger partial charge in [0.1, 0.15) is 11.0 Å². The fraction of sp³-hybridized carbons (Fsp3) is 0.545. The van der Waals surface area contributed by atoms with Gasteiger partial charge in [0.25, 0.3) is 0 Å². The predicted octanol–water partition coefficient (Wildman–Crippen LogP) is 3.34. The van der Waals surface area contributed by atoms with Gasteiger partial charge in [0.05, 0.1) is 0 Å². The van der Waals surface area contributed by atoms with Crippen LogP contribution in [0.5, 0.6) is 0 Å². The number of nitrogens with one attached hydrogen (secondary N) is 1. The van der Waals surface area contributed by atoms with Crippen LogP contribution >= 0.6 is 11.6 Å². The van der Waals surface area contributed by atoms with Gasteiger partial charge in [-0.15, -0.1) is 0 Å². The molecule has 1 heterocycles. The van der Waals surface area contributed by atoms with E-state index in [1.807, 2.05) is 12.1 Å². The fourth-order valence-corrected chi connectivity index (χ4v) is 1.85. The van der Waals surface area contributed by atoms with Crippen molar-refractivity contribution in [2.45, 2.75) is 32.7 Å². The predicted molar refractivity (Wildman–Crippen MR) is 59.7 cm³/mol. The Hall–Kier alpha value is -0.760. The van der Waals surface area contributed by atoms with Crippen molar-refractivity contribution in [3.8, 4) is 0 Å². The lowest BCUT2D eigenvalue weighted by Gasteiger charge is -2.09. The second kappa shape index (κ2) is 3.43. The average Bonchev–Trinajstić information content (AvgIpc) is 2.78. The molecule has 0 radical (unpaired) electrons. The average molecular weight is 211 g/mol. The minimum atomic E-state index is 0.462. The van der Waals surface area contributed by atoms with Crippen molar-refractivity contribution < 1.29 is 0 Å². The summed E-state index contributed by atoms with van der Waals surface area (Å²) in [6, 6.07) is 6.24. The summed E-state index contributed by atoms with van der Waals surface area (Å²) in [5.74, 6) is 0.889. The number of rotatable bonds is 3. The maximum Gasteiger partial charge on any atom is 0.131 e.